The molecule has 2 N–H and O–H groups in total. The Morgan fingerprint density at radius 1 is 1.12 bits per heavy atom. The van der Waals surface area contributed by atoms with Crippen LogP contribution in [0.5, 0.6) is 0 Å². The van der Waals surface area contributed by atoms with Gasteiger partial charge in [-0.1, -0.05) is 27.2 Å². The highest BCUT2D eigenvalue weighted by Gasteiger charge is 2.26. The average molecular weight is 372 g/mol. The van der Waals surface area contributed by atoms with Gasteiger partial charge in [-0.3, -0.25) is 9.59 Å². The number of ether oxygens (including phenoxy) is 2. The lowest BCUT2D eigenvalue weighted by Gasteiger charge is -2.27. The number of carbonyl (C=O) groups is 2. The minimum atomic E-state index is -0.646. The number of aliphatic hydroxyl groups is 1. The molecule has 1 fully saturated rings. The highest BCUT2D eigenvalue weighted by atomic mass is 16.5. The van der Waals surface area contributed by atoms with Gasteiger partial charge in [0, 0.05) is 6.61 Å². The molecule has 1 saturated carbocycles. The van der Waals surface area contributed by atoms with Crippen LogP contribution in [0.3, 0.4) is 0 Å². The first-order valence-corrected chi connectivity index (χ1v) is 10.1. The summed E-state index contributed by atoms with van der Waals surface area (Å²) in [7, 11) is 0. The molecular formula is C20H37NO5. The van der Waals surface area contributed by atoms with E-state index in [4.69, 9.17) is 9.47 Å². The normalized spacial score (nSPS) is 21.4. The maximum Gasteiger partial charge on any atom is 0.323 e. The second-order valence-corrected chi connectivity index (χ2v) is 7.83. The first-order chi connectivity index (χ1) is 12.5. The van der Waals surface area contributed by atoms with Gasteiger partial charge in [0.2, 0.25) is 0 Å². The molecule has 1 aliphatic carbocycles. The van der Waals surface area contributed by atoms with Crippen molar-refractivity contribution < 1.29 is 24.2 Å². The molecule has 0 radical (unpaired) electrons. The van der Waals surface area contributed by atoms with Crippen molar-refractivity contribution in [2.45, 2.75) is 71.8 Å². The minimum Gasteiger partial charge on any atom is -0.465 e. The Balaban J connectivity index is 2.39. The molecule has 0 aromatic carbocycles. The van der Waals surface area contributed by atoms with E-state index >= 15 is 0 Å². The summed E-state index contributed by atoms with van der Waals surface area (Å²) in [6.07, 6.45) is 5.71. The van der Waals surface area contributed by atoms with Crippen molar-refractivity contribution in [1.29, 1.82) is 0 Å². The monoisotopic (exact) mass is 371 g/mol. The van der Waals surface area contributed by atoms with Crippen molar-refractivity contribution in [3.05, 3.63) is 0 Å². The Labute approximate surface area is 158 Å². The topological polar surface area (TPSA) is 84.9 Å². The predicted octanol–water partition coefficient (Wildman–Crippen LogP) is 2.68. The van der Waals surface area contributed by atoms with Gasteiger partial charge >= 0.3 is 11.9 Å². The van der Waals surface area contributed by atoms with Crippen molar-refractivity contribution >= 4 is 11.9 Å². The number of hydrogen-bond acceptors (Lipinski definition) is 6. The van der Waals surface area contributed by atoms with Crippen molar-refractivity contribution in [2.75, 3.05) is 26.4 Å². The Kier molecular flexibility index (Phi) is 11.5. The smallest absolute Gasteiger partial charge is 0.323 e. The molecule has 6 heteroatoms. The molecular weight excluding hydrogens is 334 g/mol. The SMILES string of the molecule is CCCCOC(=O)C(CC(=O)OCC1CCC(CO)CC1)NCC(C)C. The molecule has 0 bridgehead atoms. The molecule has 0 saturated heterocycles. The summed E-state index contributed by atoms with van der Waals surface area (Å²) in [6.45, 7) is 7.81. The third-order valence-corrected chi connectivity index (χ3v) is 4.87. The number of carbonyl (C=O) groups excluding carboxylic acids is 2. The Morgan fingerprint density at radius 2 is 1.77 bits per heavy atom. The van der Waals surface area contributed by atoms with Gasteiger partial charge in [0.1, 0.15) is 6.04 Å². The zero-order valence-electron chi connectivity index (χ0n) is 16.7. The van der Waals surface area contributed by atoms with Crippen molar-refractivity contribution in [3.63, 3.8) is 0 Å². The van der Waals surface area contributed by atoms with E-state index in [2.05, 4.69) is 5.32 Å². The van der Waals surface area contributed by atoms with Crippen LogP contribution in [0.1, 0.15) is 65.7 Å². The van der Waals surface area contributed by atoms with Gasteiger partial charge in [-0.15, -0.1) is 0 Å². The molecule has 0 aromatic rings. The summed E-state index contributed by atoms with van der Waals surface area (Å²) in [5, 5.41) is 12.3. The van der Waals surface area contributed by atoms with Gasteiger partial charge in [-0.25, -0.2) is 0 Å². The zero-order valence-corrected chi connectivity index (χ0v) is 16.7. The molecule has 0 spiro atoms. The molecule has 1 unspecified atom stereocenters. The lowest BCUT2D eigenvalue weighted by molar-refractivity contribution is -0.153. The summed E-state index contributed by atoms with van der Waals surface area (Å²) < 4.78 is 10.7. The highest BCUT2D eigenvalue weighted by Crippen LogP contribution is 2.28. The first-order valence-electron chi connectivity index (χ1n) is 10.1. The van der Waals surface area contributed by atoms with Crippen LogP contribution in [0.4, 0.5) is 0 Å². The maximum absolute atomic E-state index is 12.2. The summed E-state index contributed by atoms with van der Waals surface area (Å²) >= 11 is 0. The summed E-state index contributed by atoms with van der Waals surface area (Å²) in [5.41, 5.74) is 0. The lowest BCUT2D eigenvalue weighted by Crippen LogP contribution is -2.42. The number of rotatable bonds is 12. The standard InChI is InChI=1S/C20H37NO5/c1-4-5-10-25-20(24)18(21-12-15(2)3)11-19(23)26-14-17-8-6-16(13-22)7-9-17/h15-18,21-22H,4-14H2,1-3H3. The van der Waals surface area contributed by atoms with Crippen LogP contribution in [-0.2, 0) is 19.1 Å². The third kappa shape index (κ3) is 9.53. The zero-order chi connectivity index (χ0) is 19.4. The molecule has 26 heavy (non-hydrogen) atoms. The average Bonchev–Trinajstić information content (AvgIpc) is 2.63. The van der Waals surface area contributed by atoms with Crippen LogP contribution >= 0.6 is 0 Å². The van der Waals surface area contributed by atoms with Gasteiger partial charge in [0.05, 0.1) is 19.6 Å². The summed E-state index contributed by atoms with van der Waals surface area (Å²) in [4.78, 5) is 24.4. The molecule has 1 rings (SSSR count). The van der Waals surface area contributed by atoms with Crippen molar-refractivity contribution in [3.8, 4) is 0 Å². The van der Waals surface area contributed by atoms with Gasteiger partial charge in [0.15, 0.2) is 0 Å². The number of hydrogen-bond donors (Lipinski definition) is 2. The second kappa shape index (κ2) is 13.1. The van der Waals surface area contributed by atoms with Crippen molar-refractivity contribution in [2.24, 2.45) is 17.8 Å². The van der Waals surface area contributed by atoms with Crippen LogP contribution in [0.2, 0.25) is 0 Å². The van der Waals surface area contributed by atoms with E-state index in [9.17, 15) is 14.7 Å². The molecule has 0 aromatic heterocycles. The summed E-state index contributed by atoms with van der Waals surface area (Å²) in [5.74, 6) is 0.394. The predicted molar refractivity (Wildman–Crippen MR) is 101 cm³/mol. The molecule has 0 amide bonds. The van der Waals surface area contributed by atoms with E-state index < -0.39 is 6.04 Å². The lowest BCUT2D eigenvalue weighted by atomic mass is 9.83. The largest absolute Gasteiger partial charge is 0.465 e. The van der Waals surface area contributed by atoms with Crippen LogP contribution in [0, 0.1) is 17.8 Å². The number of unbranched alkanes of at least 4 members (excludes halogenated alkanes) is 1. The van der Waals surface area contributed by atoms with E-state index in [0.29, 0.717) is 37.5 Å². The van der Waals surface area contributed by atoms with Crippen LogP contribution in [-0.4, -0.2) is 49.5 Å². The first kappa shape index (κ1) is 22.9. The summed E-state index contributed by atoms with van der Waals surface area (Å²) in [6, 6.07) is -0.646. The maximum atomic E-state index is 12.2. The fourth-order valence-electron chi connectivity index (χ4n) is 3.05. The van der Waals surface area contributed by atoms with Crippen LogP contribution in [0.25, 0.3) is 0 Å². The Morgan fingerprint density at radius 3 is 2.35 bits per heavy atom. The van der Waals surface area contributed by atoms with Crippen LogP contribution in [0.15, 0.2) is 0 Å². The third-order valence-electron chi connectivity index (χ3n) is 4.87. The molecule has 152 valence electrons. The fourth-order valence-corrected chi connectivity index (χ4v) is 3.05. The van der Waals surface area contributed by atoms with E-state index in [0.717, 1.165) is 38.5 Å². The number of aliphatic hydroxyl groups excluding tert-OH is 1. The molecule has 6 nitrogen and oxygen atoms in total. The highest BCUT2D eigenvalue weighted by molar-refractivity contribution is 5.82. The molecule has 1 atom stereocenters. The Hall–Kier alpha value is -1.14. The van der Waals surface area contributed by atoms with E-state index in [1.165, 1.54) is 0 Å². The van der Waals surface area contributed by atoms with Gasteiger partial charge in [-0.2, -0.15) is 0 Å². The van der Waals surface area contributed by atoms with E-state index in [1.807, 2.05) is 20.8 Å². The Bertz CT molecular complexity index is 405. The molecule has 0 aliphatic heterocycles. The quantitative estimate of drug-likeness (QED) is 0.405. The van der Waals surface area contributed by atoms with E-state index in [-0.39, 0.29) is 25.0 Å². The van der Waals surface area contributed by atoms with Gasteiger partial charge in [-0.05, 0) is 56.4 Å². The number of nitrogens with one attached hydrogen (secondary N) is 1. The van der Waals surface area contributed by atoms with Gasteiger partial charge in [0.25, 0.3) is 0 Å². The molecule has 0 heterocycles. The van der Waals surface area contributed by atoms with Gasteiger partial charge < -0.3 is 19.9 Å². The van der Waals surface area contributed by atoms with E-state index in [1.54, 1.807) is 0 Å². The fraction of sp³-hybridized carbons (Fsp3) is 0.900. The second-order valence-electron chi connectivity index (χ2n) is 7.83. The molecule has 1 aliphatic rings. The minimum absolute atomic E-state index is 0.00363. The van der Waals surface area contributed by atoms with Crippen LogP contribution < -0.4 is 5.32 Å². The number of esters is 2. The van der Waals surface area contributed by atoms with Crippen molar-refractivity contribution in [1.82, 2.24) is 5.32 Å².